The van der Waals surface area contributed by atoms with Gasteiger partial charge in [-0.1, -0.05) is 18.2 Å². The highest BCUT2D eigenvalue weighted by Gasteiger charge is 2.47. The van der Waals surface area contributed by atoms with E-state index in [1.165, 1.54) is 12.0 Å². The highest BCUT2D eigenvalue weighted by atomic mass is 16.4. The van der Waals surface area contributed by atoms with E-state index in [1.807, 2.05) is 42.6 Å². The van der Waals surface area contributed by atoms with Crippen molar-refractivity contribution in [2.45, 2.75) is 44.1 Å². The van der Waals surface area contributed by atoms with Crippen molar-refractivity contribution in [3.8, 4) is 6.07 Å². The van der Waals surface area contributed by atoms with Crippen LogP contribution in [-0.2, 0) is 17.4 Å². The molecule has 1 atom stereocenters. The Kier molecular flexibility index (Phi) is 5.16. The molecule has 0 N–H and O–H groups in total. The van der Waals surface area contributed by atoms with Crippen molar-refractivity contribution >= 4 is 0 Å². The molecule has 0 spiro atoms. The van der Waals surface area contributed by atoms with Gasteiger partial charge in [-0.15, -0.1) is 10.2 Å². The van der Waals surface area contributed by atoms with Crippen molar-refractivity contribution in [3.63, 3.8) is 0 Å². The molecule has 0 aliphatic carbocycles. The summed E-state index contributed by atoms with van der Waals surface area (Å²) in [5, 5.41) is 17.3. The molecular formula is C23H25N5O. The van der Waals surface area contributed by atoms with E-state index in [-0.39, 0.29) is 11.0 Å². The lowest BCUT2D eigenvalue weighted by Gasteiger charge is -2.36. The molecule has 1 aliphatic heterocycles. The lowest BCUT2D eigenvalue weighted by Crippen LogP contribution is -2.43. The molecule has 3 heterocycles. The molecule has 0 amide bonds. The van der Waals surface area contributed by atoms with Crippen LogP contribution >= 0.6 is 0 Å². The van der Waals surface area contributed by atoms with Crippen LogP contribution in [0.5, 0.6) is 0 Å². The van der Waals surface area contributed by atoms with Gasteiger partial charge in [0.25, 0.3) is 0 Å². The van der Waals surface area contributed by atoms with E-state index in [0.29, 0.717) is 11.5 Å². The number of aromatic nitrogens is 3. The second kappa shape index (κ2) is 7.76. The normalized spacial score (nSPS) is 19.9. The Bertz CT molecular complexity index is 976. The van der Waals surface area contributed by atoms with E-state index in [1.54, 1.807) is 0 Å². The Labute approximate surface area is 171 Å². The van der Waals surface area contributed by atoms with Crippen LogP contribution in [0, 0.1) is 11.3 Å². The van der Waals surface area contributed by atoms with Gasteiger partial charge in [-0.05, 0) is 62.9 Å². The summed E-state index contributed by atoms with van der Waals surface area (Å²) in [5.41, 5.74) is 2.59. The van der Waals surface area contributed by atoms with E-state index in [0.717, 1.165) is 38.0 Å². The molecule has 0 unspecified atom stereocenters. The lowest BCUT2D eigenvalue weighted by atomic mass is 9.80. The fraction of sp³-hybridized carbons (Fsp3) is 0.391. The summed E-state index contributed by atoms with van der Waals surface area (Å²) in [6.07, 6.45) is 6.04. The predicted molar refractivity (Wildman–Crippen MR) is 109 cm³/mol. The third-order valence-corrected chi connectivity index (χ3v) is 6.23. The monoisotopic (exact) mass is 387 g/mol. The average molecular weight is 387 g/mol. The van der Waals surface area contributed by atoms with Gasteiger partial charge >= 0.3 is 0 Å². The number of nitrogens with zero attached hydrogens (tertiary/aromatic N) is 5. The summed E-state index contributed by atoms with van der Waals surface area (Å²) in [6.45, 7) is 6.23. The van der Waals surface area contributed by atoms with Crippen molar-refractivity contribution in [2.75, 3.05) is 13.1 Å². The zero-order valence-corrected chi connectivity index (χ0v) is 16.9. The summed E-state index contributed by atoms with van der Waals surface area (Å²) in [5.74, 6) is 0.713. The number of nitriles is 1. The van der Waals surface area contributed by atoms with Gasteiger partial charge in [-0.2, -0.15) is 5.26 Å². The summed E-state index contributed by atoms with van der Waals surface area (Å²) >= 11 is 0. The minimum atomic E-state index is -0.184. The van der Waals surface area contributed by atoms with Crippen molar-refractivity contribution in [3.05, 3.63) is 77.8 Å². The molecule has 0 bridgehead atoms. The molecule has 6 nitrogen and oxygen atoms in total. The molecule has 6 heteroatoms. The molecule has 2 aromatic heterocycles. The van der Waals surface area contributed by atoms with Gasteiger partial charge in [0.05, 0.1) is 28.3 Å². The highest BCUT2D eigenvalue weighted by Crippen LogP contribution is 2.42. The quantitative estimate of drug-likeness (QED) is 0.639. The molecule has 0 radical (unpaired) electrons. The molecule has 1 aromatic carbocycles. The van der Waals surface area contributed by atoms with Gasteiger partial charge in [-0.3, -0.25) is 9.88 Å². The Balaban J connectivity index is 1.56. The van der Waals surface area contributed by atoms with Gasteiger partial charge in [0.1, 0.15) is 0 Å². The van der Waals surface area contributed by atoms with E-state index in [9.17, 15) is 0 Å². The molecule has 1 saturated heterocycles. The minimum absolute atomic E-state index is 0.183. The lowest BCUT2D eigenvalue weighted by molar-refractivity contribution is 0.134. The van der Waals surface area contributed by atoms with Crippen LogP contribution in [0.15, 0.2) is 59.5 Å². The third kappa shape index (κ3) is 3.79. The molecule has 1 aliphatic rings. The molecule has 3 aromatic rings. The van der Waals surface area contributed by atoms with Crippen LogP contribution in [0.3, 0.4) is 0 Å². The number of likely N-dealkylation sites (tertiary alicyclic amines) is 1. The van der Waals surface area contributed by atoms with Crippen LogP contribution in [0.25, 0.3) is 0 Å². The SMILES string of the molecule is CC(C)(c1ccccn1)N1CC[C@@](CCc2ccc(C#N)cc2)(c2nnco2)C1. The fourth-order valence-corrected chi connectivity index (χ4v) is 4.26. The predicted octanol–water partition coefficient (Wildman–Crippen LogP) is 3.85. The molecule has 1 fully saturated rings. The van der Waals surface area contributed by atoms with Crippen LogP contribution in [0.4, 0.5) is 0 Å². The fourth-order valence-electron chi connectivity index (χ4n) is 4.26. The largest absolute Gasteiger partial charge is 0.427 e. The van der Waals surface area contributed by atoms with E-state index >= 15 is 0 Å². The number of hydrogen-bond acceptors (Lipinski definition) is 6. The summed E-state index contributed by atoms with van der Waals surface area (Å²) in [6, 6.07) is 16.1. The van der Waals surface area contributed by atoms with Crippen LogP contribution in [-0.4, -0.2) is 33.2 Å². The molecule has 29 heavy (non-hydrogen) atoms. The van der Waals surface area contributed by atoms with Gasteiger partial charge in [0.2, 0.25) is 12.3 Å². The van der Waals surface area contributed by atoms with Gasteiger partial charge < -0.3 is 4.42 Å². The van der Waals surface area contributed by atoms with Crippen LogP contribution < -0.4 is 0 Å². The van der Waals surface area contributed by atoms with Gasteiger partial charge in [0, 0.05) is 19.3 Å². The van der Waals surface area contributed by atoms with Crippen LogP contribution in [0.1, 0.15) is 49.4 Å². The number of benzene rings is 1. The Morgan fingerprint density at radius 2 is 2.03 bits per heavy atom. The maximum absolute atomic E-state index is 9.01. The maximum atomic E-state index is 9.01. The second-order valence-electron chi connectivity index (χ2n) is 8.28. The number of hydrogen-bond donors (Lipinski definition) is 0. The maximum Gasteiger partial charge on any atom is 0.223 e. The van der Waals surface area contributed by atoms with Crippen molar-refractivity contribution in [2.24, 2.45) is 0 Å². The molecular weight excluding hydrogens is 362 g/mol. The van der Waals surface area contributed by atoms with E-state index in [2.05, 4.69) is 46.1 Å². The number of pyridine rings is 1. The number of aryl methyl sites for hydroxylation is 1. The Morgan fingerprint density at radius 3 is 2.69 bits per heavy atom. The van der Waals surface area contributed by atoms with E-state index < -0.39 is 0 Å². The van der Waals surface area contributed by atoms with Gasteiger partial charge in [-0.25, -0.2) is 0 Å². The average Bonchev–Trinajstić information content (AvgIpc) is 3.44. The topological polar surface area (TPSA) is 78.8 Å². The first-order valence-corrected chi connectivity index (χ1v) is 9.96. The minimum Gasteiger partial charge on any atom is -0.427 e. The van der Waals surface area contributed by atoms with Crippen LogP contribution in [0.2, 0.25) is 0 Å². The zero-order valence-electron chi connectivity index (χ0n) is 16.9. The van der Waals surface area contributed by atoms with E-state index in [4.69, 9.17) is 9.68 Å². The molecule has 0 saturated carbocycles. The smallest absolute Gasteiger partial charge is 0.223 e. The second-order valence-corrected chi connectivity index (χ2v) is 8.28. The summed E-state index contributed by atoms with van der Waals surface area (Å²) < 4.78 is 5.70. The first kappa shape index (κ1) is 19.3. The zero-order chi connectivity index (χ0) is 20.3. The molecule has 148 valence electrons. The number of rotatable bonds is 6. The highest BCUT2D eigenvalue weighted by molar-refractivity contribution is 5.32. The standard InChI is InChI=1S/C23H25N5O/c1-22(2,20-5-3-4-13-25-20)28-14-12-23(16-28,21-27-26-17-29-21)11-10-18-6-8-19(15-24)9-7-18/h3-9,13,17H,10-12,14,16H2,1-2H3/t23-/m1/s1. The Hall–Kier alpha value is -3.04. The van der Waals surface area contributed by atoms with Gasteiger partial charge in [0.15, 0.2) is 0 Å². The van der Waals surface area contributed by atoms with Crippen molar-refractivity contribution in [1.29, 1.82) is 5.26 Å². The van der Waals surface area contributed by atoms with Crippen molar-refractivity contribution in [1.82, 2.24) is 20.1 Å². The summed E-state index contributed by atoms with van der Waals surface area (Å²) in [4.78, 5) is 7.07. The first-order chi connectivity index (χ1) is 14.0. The third-order valence-electron chi connectivity index (χ3n) is 6.23. The summed E-state index contributed by atoms with van der Waals surface area (Å²) in [7, 11) is 0. The Morgan fingerprint density at radius 1 is 1.21 bits per heavy atom. The first-order valence-electron chi connectivity index (χ1n) is 9.96. The molecule has 4 rings (SSSR count). The van der Waals surface area contributed by atoms with Crippen molar-refractivity contribution < 1.29 is 4.42 Å².